The zero-order valence-corrected chi connectivity index (χ0v) is 11.8. The van der Waals surface area contributed by atoms with Crippen molar-refractivity contribution in [3.05, 3.63) is 12.3 Å². The standard InChI is InChI=1S/C16H26O/c1-11-13-14(3,4)7-6-8-16(13)10-9-15(11,5)12(2)17-16/h11,13H,2,6-10H2,1,3-5H3/t11-,13+,15+,16?/m1/s1. The fraction of sp³-hybridized carbons (Fsp3) is 0.875. The minimum absolute atomic E-state index is 0.135. The third kappa shape index (κ3) is 1.26. The largest absolute Gasteiger partial charge is 0.491 e. The molecule has 4 rings (SSSR count). The van der Waals surface area contributed by atoms with Crippen LogP contribution >= 0.6 is 0 Å². The van der Waals surface area contributed by atoms with Gasteiger partial charge in [0.05, 0.1) is 5.76 Å². The average molecular weight is 234 g/mol. The highest BCUT2D eigenvalue weighted by atomic mass is 16.5. The number of ether oxygens (including phenoxy) is 1. The average Bonchev–Trinajstić information content (AvgIpc) is 2.21. The van der Waals surface area contributed by atoms with Crippen molar-refractivity contribution < 1.29 is 4.74 Å². The van der Waals surface area contributed by atoms with E-state index in [9.17, 15) is 0 Å². The lowest BCUT2D eigenvalue weighted by Crippen LogP contribution is -2.64. The quantitative estimate of drug-likeness (QED) is 0.598. The zero-order chi connectivity index (χ0) is 12.5. The predicted octanol–water partition coefficient (Wildman–Crippen LogP) is 4.53. The van der Waals surface area contributed by atoms with Crippen LogP contribution in [0.1, 0.15) is 59.8 Å². The van der Waals surface area contributed by atoms with Gasteiger partial charge in [-0.05, 0) is 43.4 Å². The van der Waals surface area contributed by atoms with Crippen molar-refractivity contribution in [2.45, 2.75) is 65.4 Å². The van der Waals surface area contributed by atoms with Crippen LogP contribution in [0.3, 0.4) is 0 Å². The summed E-state index contributed by atoms with van der Waals surface area (Å²) in [4.78, 5) is 0. The minimum Gasteiger partial charge on any atom is -0.491 e. The summed E-state index contributed by atoms with van der Waals surface area (Å²) in [6, 6.07) is 0. The Morgan fingerprint density at radius 1 is 1.12 bits per heavy atom. The highest BCUT2D eigenvalue weighted by Gasteiger charge is 2.64. The fourth-order valence-corrected chi connectivity index (χ4v) is 5.27. The zero-order valence-electron chi connectivity index (χ0n) is 11.8. The van der Waals surface area contributed by atoms with Crippen molar-refractivity contribution in [1.29, 1.82) is 0 Å². The molecule has 96 valence electrons. The molecule has 17 heavy (non-hydrogen) atoms. The summed E-state index contributed by atoms with van der Waals surface area (Å²) in [5, 5.41) is 0. The maximum absolute atomic E-state index is 6.39. The third-order valence-electron chi connectivity index (χ3n) is 6.37. The van der Waals surface area contributed by atoms with Crippen molar-refractivity contribution >= 4 is 0 Å². The van der Waals surface area contributed by atoms with Crippen LogP contribution in [0.2, 0.25) is 0 Å². The maximum Gasteiger partial charge on any atom is 0.112 e. The van der Waals surface area contributed by atoms with E-state index in [1.807, 2.05) is 0 Å². The lowest BCUT2D eigenvalue weighted by atomic mass is 9.45. The molecule has 0 aromatic rings. The summed E-state index contributed by atoms with van der Waals surface area (Å²) >= 11 is 0. The first-order valence-electron chi connectivity index (χ1n) is 7.20. The van der Waals surface area contributed by atoms with Crippen LogP contribution in [0, 0.1) is 22.7 Å². The predicted molar refractivity (Wildman–Crippen MR) is 70.6 cm³/mol. The maximum atomic E-state index is 6.39. The Morgan fingerprint density at radius 2 is 1.82 bits per heavy atom. The van der Waals surface area contributed by atoms with Gasteiger partial charge >= 0.3 is 0 Å². The second-order valence-corrected chi connectivity index (χ2v) is 7.62. The second kappa shape index (κ2) is 3.10. The molecular formula is C16H26O. The van der Waals surface area contributed by atoms with Gasteiger partial charge in [0, 0.05) is 11.3 Å². The van der Waals surface area contributed by atoms with Crippen LogP contribution in [0.4, 0.5) is 0 Å². The second-order valence-electron chi connectivity index (χ2n) is 7.62. The summed E-state index contributed by atoms with van der Waals surface area (Å²) in [6.45, 7) is 13.9. The summed E-state index contributed by atoms with van der Waals surface area (Å²) < 4.78 is 6.39. The summed E-state index contributed by atoms with van der Waals surface area (Å²) in [6.07, 6.45) is 6.46. The normalized spacial score (nSPS) is 51.9. The van der Waals surface area contributed by atoms with Gasteiger partial charge in [0.25, 0.3) is 0 Å². The molecule has 2 saturated carbocycles. The van der Waals surface area contributed by atoms with Crippen molar-refractivity contribution in [3.8, 4) is 0 Å². The molecule has 0 radical (unpaired) electrons. The van der Waals surface area contributed by atoms with Crippen LogP contribution in [-0.2, 0) is 4.74 Å². The van der Waals surface area contributed by atoms with Crippen molar-refractivity contribution in [1.82, 2.24) is 0 Å². The molecule has 2 aliphatic heterocycles. The summed E-state index contributed by atoms with van der Waals surface area (Å²) in [7, 11) is 0. The van der Waals surface area contributed by atoms with Crippen molar-refractivity contribution in [2.24, 2.45) is 22.7 Å². The van der Waals surface area contributed by atoms with Crippen LogP contribution in [0.25, 0.3) is 0 Å². The Hall–Kier alpha value is -0.460. The van der Waals surface area contributed by atoms with E-state index in [1.165, 1.54) is 32.1 Å². The number of hydrogen-bond donors (Lipinski definition) is 0. The third-order valence-corrected chi connectivity index (χ3v) is 6.37. The lowest BCUT2D eigenvalue weighted by Gasteiger charge is -2.66. The Balaban J connectivity index is 2.09. The molecule has 0 aromatic carbocycles. The molecule has 1 unspecified atom stereocenters. The van der Waals surface area contributed by atoms with E-state index >= 15 is 0 Å². The smallest absolute Gasteiger partial charge is 0.112 e. The lowest BCUT2D eigenvalue weighted by molar-refractivity contribution is -0.243. The van der Waals surface area contributed by atoms with Crippen LogP contribution in [-0.4, -0.2) is 5.60 Å². The van der Waals surface area contributed by atoms with Gasteiger partial charge in [-0.15, -0.1) is 0 Å². The molecule has 0 aromatic heterocycles. The van der Waals surface area contributed by atoms with Crippen LogP contribution < -0.4 is 0 Å². The molecule has 1 heteroatoms. The number of allylic oxidation sites excluding steroid dienone is 1. The van der Waals surface area contributed by atoms with E-state index in [-0.39, 0.29) is 11.0 Å². The molecule has 2 heterocycles. The van der Waals surface area contributed by atoms with E-state index in [0.717, 1.165) is 5.76 Å². The van der Waals surface area contributed by atoms with E-state index in [1.54, 1.807) is 0 Å². The van der Waals surface area contributed by atoms with Gasteiger partial charge in [-0.2, -0.15) is 0 Å². The SMILES string of the molecule is C=C1OC23CCCC(C)(C)[C@@H]2[C@@H](C)[C@]1(C)CC3. The molecule has 2 saturated heterocycles. The first kappa shape index (κ1) is 11.6. The van der Waals surface area contributed by atoms with Crippen LogP contribution in [0.5, 0.6) is 0 Å². The van der Waals surface area contributed by atoms with E-state index in [4.69, 9.17) is 4.74 Å². The highest BCUT2D eigenvalue weighted by Crippen LogP contribution is 2.67. The monoisotopic (exact) mass is 234 g/mol. The number of hydrogen-bond acceptors (Lipinski definition) is 1. The Morgan fingerprint density at radius 3 is 2.47 bits per heavy atom. The van der Waals surface area contributed by atoms with E-state index in [2.05, 4.69) is 34.3 Å². The van der Waals surface area contributed by atoms with Gasteiger partial charge in [0.2, 0.25) is 0 Å². The first-order chi connectivity index (χ1) is 7.82. The number of rotatable bonds is 0. The minimum atomic E-state index is 0.135. The van der Waals surface area contributed by atoms with Gasteiger partial charge in [-0.1, -0.05) is 34.3 Å². The van der Waals surface area contributed by atoms with Gasteiger partial charge in [0.1, 0.15) is 5.60 Å². The molecular weight excluding hydrogens is 208 g/mol. The molecule has 1 spiro atoms. The number of fused-ring (bicyclic) bond motifs is 2. The van der Waals surface area contributed by atoms with Gasteiger partial charge in [-0.25, -0.2) is 0 Å². The molecule has 4 fully saturated rings. The molecule has 1 nitrogen and oxygen atoms in total. The van der Waals surface area contributed by atoms with Gasteiger partial charge < -0.3 is 4.74 Å². The Bertz CT molecular complexity index is 370. The van der Waals surface area contributed by atoms with Crippen molar-refractivity contribution in [2.75, 3.05) is 0 Å². The summed E-state index contributed by atoms with van der Waals surface area (Å²) in [5.41, 5.74) is 0.789. The molecule has 4 aliphatic rings. The van der Waals surface area contributed by atoms with Crippen molar-refractivity contribution in [3.63, 3.8) is 0 Å². The highest BCUT2D eigenvalue weighted by molar-refractivity contribution is 5.21. The van der Waals surface area contributed by atoms with Gasteiger partial charge in [0.15, 0.2) is 0 Å². The molecule has 0 amide bonds. The summed E-state index contributed by atoms with van der Waals surface area (Å²) in [5.74, 6) is 2.51. The fourth-order valence-electron chi connectivity index (χ4n) is 5.27. The first-order valence-corrected chi connectivity index (χ1v) is 7.20. The molecule has 2 aliphatic carbocycles. The van der Waals surface area contributed by atoms with Crippen LogP contribution in [0.15, 0.2) is 12.3 Å². The van der Waals surface area contributed by atoms with E-state index < -0.39 is 0 Å². The molecule has 2 bridgehead atoms. The van der Waals surface area contributed by atoms with E-state index in [0.29, 0.717) is 17.3 Å². The Kier molecular flexibility index (Phi) is 2.12. The topological polar surface area (TPSA) is 9.23 Å². The van der Waals surface area contributed by atoms with Gasteiger partial charge in [-0.3, -0.25) is 0 Å². The Labute approximate surface area is 106 Å². The molecule has 4 atom stereocenters. The molecule has 0 N–H and O–H groups in total.